The van der Waals surface area contributed by atoms with Crippen LogP contribution >= 0.6 is 0 Å². The minimum absolute atomic E-state index is 0.134. The van der Waals surface area contributed by atoms with E-state index in [-0.39, 0.29) is 17.9 Å². The Morgan fingerprint density at radius 2 is 2.31 bits per heavy atom. The van der Waals surface area contributed by atoms with Crippen LogP contribution in [0.2, 0.25) is 0 Å². The predicted molar refractivity (Wildman–Crippen MR) is 53.1 cm³/mol. The highest BCUT2D eigenvalue weighted by Crippen LogP contribution is 2.23. The van der Waals surface area contributed by atoms with Crippen LogP contribution in [0.5, 0.6) is 0 Å². The predicted octanol–water partition coefficient (Wildman–Crippen LogP) is 0.806. The van der Waals surface area contributed by atoms with Crippen molar-refractivity contribution in [2.24, 2.45) is 11.7 Å². The van der Waals surface area contributed by atoms with Gasteiger partial charge in [0.05, 0.1) is 0 Å². The van der Waals surface area contributed by atoms with Gasteiger partial charge in [-0.15, -0.1) is 0 Å². The lowest BCUT2D eigenvalue weighted by molar-refractivity contribution is -0.124. The van der Waals surface area contributed by atoms with E-state index < -0.39 is 0 Å². The minimum atomic E-state index is 0.134. The summed E-state index contributed by atoms with van der Waals surface area (Å²) in [5.41, 5.74) is 6.70. The molecule has 3 heteroatoms. The highest BCUT2D eigenvalue weighted by molar-refractivity contribution is 5.79. The lowest BCUT2D eigenvalue weighted by Gasteiger charge is -2.10. The van der Waals surface area contributed by atoms with E-state index in [9.17, 15) is 4.79 Å². The maximum Gasteiger partial charge on any atom is 0.223 e. The zero-order chi connectivity index (χ0) is 9.84. The quantitative estimate of drug-likeness (QED) is 0.634. The Bertz CT molecular complexity index is 213. The summed E-state index contributed by atoms with van der Waals surface area (Å²) in [5, 5.41) is 2.85. The Balaban J connectivity index is 2.27. The summed E-state index contributed by atoms with van der Waals surface area (Å²) in [6, 6.07) is 0.223. The fourth-order valence-electron chi connectivity index (χ4n) is 1.64. The van der Waals surface area contributed by atoms with Gasteiger partial charge < -0.3 is 11.1 Å². The van der Waals surface area contributed by atoms with Crippen molar-refractivity contribution in [3.63, 3.8) is 0 Å². The van der Waals surface area contributed by atoms with E-state index in [0.717, 1.165) is 24.8 Å². The summed E-state index contributed by atoms with van der Waals surface area (Å²) in [7, 11) is 0. The van der Waals surface area contributed by atoms with Gasteiger partial charge in [-0.3, -0.25) is 4.79 Å². The molecule has 13 heavy (non-hydrogen) atoms. The van der Waals surface area contributed by atoms with Gasteiger partial charge in [0.15, 0.2) is 0 Å². The van der Waals surface area contributed by atoms with Crippen LogP contribution in [0.25, 0.3) is 0 Å². The molecule has 0 heterocycles. The summed E-state index contributed by atoms with van der Waals surface area (Å²) >= 11 is 0. The summed E-state index contributed by atoms with van der Waals surface area (Å²) in [4.78, 5) is 11.5. The van der Waals surface area contributed by atoms with Gasteiger partial charge in [0.25, 0.3) is 0 Å². The van der Waals surface area contributed by atoms with Crippen molar-refractivity contribution < 1.29 is 4.79 Å². The van der Waals surface area contributed by atoms with Crippen molar-refractivity contribution in [3.8, 4) is 0 Å². The van der Waals surface area contributed by atoms with Gasteiger partial charge in [0.2, 0.25) is 5.91 Å². The third-order valence-electron chi connectivity index (χ3n) is 2.41. The highest BCUT2D eigenvalue weighted by atomic mass is 16.1. The first kappa shape index (κ1) is 10.3. The van der Waals surface area contributed by atoms with Crippen LogP contribution in [0, 0.1) is 5.92 Å². The van der Waals surface area contributed by atoms with Gasteiger partial charge in [-0.2, -0.15) is 0 Å². The van der Waals surface area contributed by atoms with Gasteiger partial charge in [0.1, 0.15) is 0 Å². The molecule has 1 saturated carbocycles. The van der Waals surface area contributed by atoms with Crippen LogP contribution < -0.4 is 11.1 Å². The standard InChI is InChI=1S/C10H18N2O/c1-7(2)6-12-10(13)8-3-4-9(11)5-8/h8-9H,1,3-6,11H2,2H3,(H,12,13). The maximum absolute atomic E-state index is 11.5. The number of nitrogens with one attached hydrogen (secondary N) is 1. The third kappa shape index (κ3) is 3.19. The van der Waals surface area contributed by atoms with Gasteiger partial charge in [-0.1, -0.05) is 12.2 Å². The van der Waals surface area contributed by atoms with Crippen LogP contribution in [0.15, 0.2) is 12.2 Å². The Kier molecular flexibility index (Phi) is 3.48. The van der Waals surface area contributed by atoms with Crippen LogP contribution in [0.3, 0.4) is 0 Å². The molecule has 0 radical (unpaired) electrons. The normalized spacial score (nSPS) is 27.2. The largest absolute Gasteiger partial charge is 0.352 e. The monoisotopic (exact) mass is 182 g/mol. The molecule has 0 bridgehead atoms. The maximum atomic E-state index is 11.5. The second kappa shape index (κ2) is 4.42. The average molecular weight is 182 g/mol. The molecule has 1 aliphatic carbocycles. The van der Waals surface area contributed by atoms with Crippen molar-refractivity contribution in [2.45, 2.75) is 32.2 Å². The minimum Gasteiger partial charge on any atom is -0.352 e. The van der Waals surface area contributed by atoms with E-state index in [1.165, 1.54) is 0 Å². The number of carbonyl (C=O) groups is 1. The number of hydrogen-bond acceptors (Lipinski definition) is 2. The van der Waals surface area contributed by atoms with E-state index in [4.69, 9.17) is 5.73 Å². The van der Waals surface area contributed by atoms with Crippen molar-refractivity contribution in [3.05, 3.63) is 12.2 Å². The molecule has 1 amide bonds. The summed E-state index contributed by atoms with van der Waals surface area (Å²) < 4.78 is 0. The highest BCUT2D eigenvalue weighted by Gasteiger charge is 2.27. The fourth-order valence-corrected chi connectivity index (χ4v) is 1.64. The molecule has 3 nitrogen and oxygen atoms in total. The molecule has 1 fully saturated rings. The molecule has 3 N–H and O–H groups in total. The molecule has 2 atom stereocenters. The number of hydrogen-bond donors (Lipinski definition) is 2. The molecule has 0 aliphatic heterocycles. The molecular formula is C10H18N2O. The van der Waals surface area contributed by atoms with Crippen LogP contribution in [-0.2, 0) is 4.79 Å². The van der Waals surface area contributed by atoms with Gasteiger partial charge in [0, 0.05) is 18.5 Å². The SMILES string of the molecule is C=C(C)CNC(=O)C1CCC(N)C1. The van der Waals surface area contributed by atoms with E-state index in [1.807, 2.05) is 6.92 Å². The van der Waals surface area contributed by atoms with Gasteiger partial charge >= 0.3 is 0 Å². The molecule has 0 aromatic carbocycles. The van der Waals surface area contributed by atoms with Crippen molar-refractivity contribution in [1.29, 1.82) is 0 Å². The Morgan fingerprint density at radius 3 is 2.77 bits per heavy atom. The number of nitrogens with two attached hydrogens (primary N) is 1. The van der Waals surface area contributed by atoms with Crippen LogP contribution in [-0.4, -0.2) is 18.5 Å². The smallest absolute Gasteiger partial charge is 0.223 e. The molecular weight excluding hydrogens is 164 g/mol. The van der Waals surface area contributed by atoms with Crippen molar-refractivity contribution in [1.82, 2.24) is 5.32 Å². The van der Waals surface area contributed by atoms with E-state index in [1.54, 1.807) is 0 Å². The molecule has 0 aromatic rings. The van der Waals surface area contributed by atoms with Crippen LogP contribution in [0.1, 0.15) is 26.2 Å². The summed E-state index contributed by atoms with van der Waals surface area (Å²) in [5.74, 6) is 0.269. The first-order valence-corrected chi connectivity index (χ1v) is 4.77. The summed E-state index contributed by atoms with van der Waals surface area (Å²) in [6.07, 6.45) is 2.75. The second-order valence-electron chi connectivity index (χ2n) is 3.94. The number of amides is 1. The molecule has 0 aromatic heterocycles. The van der Waals surface area contributed by atoms with Crippen molar-refractivity contribution in [2.75, 3.05) is 6.54 Å². The molecule has 0 saturated heterocycles. The number of carbonyl (C=O) groups excluding carboxylic acids is 1. The lowest BCUT2D eigenvalue weighted by Crippen LogP contribution is -2.31. The van der Waals surface area contributed by atoms with Crippen molar-refractivity contribution >= 4 is 5.91 Å². The molecule has 74 valence electrons. The zero-order valence-corrected chi connectivity index (χ0v) is 8.18. The Morgan fingerprint density at radius 1 is 1.62 bits per heavy atom. The molecule has 1 aliphatic rings. The zero-order valence-electron chi connectivity index (χ0n) is 8.18. The third-order valence-corrected chi connectivity index (χ3v) is 2.41. The lowest BCUT2D eigenvalue weighted by atomic mass is 10.1. The van der Waals surface area contributed by atoms with Crippen LogP contribution in [0.4, 0.5) is 0 Å². The fraction of sp³-hybridized carbons (Fsp3) is 0.700. The van der Waals surface area contributed by atoms with E-state index >= 15 is 0 Å². The second-order valence-corrected chi connectivity index (χ2v) is 3.94. The average Bonchev–Trinajstić information content (AvgIpc) is 2.47. The molecule has 2 unspecified atom stereocenters. The van der Waals surface area contributed by atoms with Gasteiger partial charge in [-0.05, 0) is 26.2 Å². The Hall–Kier alpha value is -0.830. The van der Waals surface area contributed by atoms with Gasteiger partial charge in [-0.25, -0.2) is 0 Å². The molecule has 0 spiro atoms. The number of rotatable bonds is 3. The summed E-state index contributed by atoms with van der Waals surface area (Å²) in [6.45, 7) is 6.22. The van der Waals surface area contributed by atoms with E-state index in [2.05, 4.69) is 11.9 Å². The first-order valence-electron chi connectivity index (χ1n) is 4.77. The Labute approximate surface area is 79.4 Å². The first-order chi connectivity index (χ1) is 6.09. The molecule has 1 rings (SSSR count). The van der Waals surface area contributed by atoms with E-state index in [0.29, 0.717) is 6.54 Å². The topological polar surface area (TPSA) is 55.1 Å².